The van der Waals surface area contributed by atoms with E-state index in [1.165, 1.54) is 12.1 Å². The smallest absolute Gasteiger partial charge is 0.335 e. The number of piperidine rings is 1. The van der Waals surface area contributed by atoms with Crippen molar-refractivity contribution in [3.63, 3.8) is 0 Å². The number of hydrogen-bond donors (Lipinski definition) is 2. The van der Waals surface area contributed by atoms with E-state index in [1.807, 2.05) is 12.1 Å². The number of carbonyl (C=O) groups excluding carboxylic acids is 1. The molecule has 0 bridgehead atoms. The van der Waals surface area contributed by atoms with Gasteiger partial charge in [0.15, 0.2) is 0 Å². The maximum atomic E-state index is 12.4. The van der Waals surface area contributed by atoms with Crippen molar-refractivity contribution in [2.24, 2.45) is 5.92 Å². The van der Waals surface area contributed by atoms with Crippen molar-refractivity contribution in [1.82, 2.24) is 10.2 Å². The normalized spacial score (nSPS) is 17.4. The molecule has 1 aliphatic heterocycles. The van der Waals surface area contributed by atoms with Gasteiger partial charge in [-0.2, -0.15) is 0 Å². The summed E-state index contributed by atoms with van der Waals surface area (Å²) in [6.07, 6.45) is 3.52. The Morgan fingerprint density at radius 3 is 2.96 bits per heavy atom. The highest BCUT2D eigenvalue weighted by molar-refractivity contribution is 5.88. The fraction of sp³-hybridized carbons (Fsp3) is 0.400. The van der Waals surface area contributed by atoms with E-state index >= 15 is 0 Å². The first-order valence-corrected chi connectivity index (χ1v) is 9.10. The Kier molecular flexibility index (Phi) is 6.49. The van der Waals surface area contributed by atoms with Crippen LogP contribution in [0.3, 0.4) is 0 Å². The monoisotopic (exact) mass is 372 g/mol. The lowest BCUT2D eigenvalue weighted by Crippen LogP contribution is -2.43. The minimum atomic E-state index is -0.995. The highest BCUT2D eigenvalue weighted by Crippen LogP contribution is 2.19. The molecule has 0 saturated carbocycles. The summed E-state index contributed by atoms with van der Waals surface area (Å²) < 4.78 is 10.9. The molecule has 0 radical (unpaired) electrons. The highest BCUT2D eigenvalue weighted by Gasteiger charge is 2.25. The van der Waals surface area contributed by atoms with Gasteiger partial charge in [-0.25, -0.2) is 4.79 Å². The minimum absolute atomic E-state index is 0.0297. The lowest BCUT2D eigenvalue weighted by atomic mass is 9.97. The van der Waals surface area contributed by atoms with Gasteiger partial charge in [0.2, 0.25) is 5.91 Å². The van der Waals surface area contributed by atoms with E-state index in [2.05, 4.69) is 10.2 Å². The Labute approximate surface area is 157 Å². The Bertz CT molecular complexity index is 759. The van der Waals surface area contributed by atoms with Crippen LogP contribution in [0.25, 0.3) is 0 Å². The molecule has 27 heavy (non-hydrogen) atoms. The van der Waals surface area contributed by atoms with Gasteiger partial charge in [-0.05, 0) is 49.7 Å². The first kappa shape index (κ1) is 19.0. The van der Waals surface area contributed by atoms with E-state index in [1.54, 1.807) is 18.4 Å². The molecule has 0 spiro atoms. The van der Waals surface area contributed by atoms with Crippen molar-refractivity contribution < 1.29 is 23.8 Å². The van der Waals surface area contributed by atoms with Gasteiger partial charge in [-0.1, -0.05) is 6.07 Å². The third-order valence-electron chi connectivity index (χ3n) is 4.59. The number of nitrogens with zero attached hydrogens (tertiary/aromatic N) is 1. The predicted octanol–water partition coefficient (Wildman–Crippen LogP) is 2.39. The molecule has 7 heteroatoms. The Morgan fingerprint density at radius 2 is 2.19 bits per heavy atom. The van der Waals surface area contributed by atoms with Crippen molar-refractivity contribution >= 4 is 11.9 Å². The molecule has 2 N–H and O–H groups in total. The number of furan rings is 1. The molecule has 0 aliphatic carbocycles. The second kappa shape index (κ2) is 9.23. The summed E-state index contributed by atoms with van der Waals surface area (Å²) in [5.41, 5.74) is 0.176. The lowest BCUT2D eigenvalue weighted by Gasteiger charge is -2.31. The summed E-state index contributed by atoms with van der Waals surface area (Å²) in [6.45, 7) is 3.07. The molecule has 1 saturated heterocycles. The summed E-state index contributed by atoms with van der Waals surface area (Å²) in [5, 5.41) is 11.9. The van der Waals surface area contributed by atoms with E-state index < -0.39 is 5.97 Å². The van der Waals surface area contributed by atoms with E-state index in [0.29, 0.717) is 18.8 Å². The standard InChI is InChI=1S/C20H24N2O5/c23-19(16-5-2-9-22(13-16)14-18-7-3-10-26-18)21-8-11-27-17-6-1-4-15(12-17)20(24)25/h1,3-4,6-7,10,12,16H,2,5,8-9,11,13-14H2,(H,21,23)(H,24,25)/t16-/m0/s1. The predicted molar refractivity (Wildman–Crippen MR) is 98.6 cm³/mol. The average Bonchev–Trinajstić information content (AvgIpc) is 3.18. The number of aromatic carboxylic acids is 1. The van der Waals surface area contributed by atoms with Crippen LogP contribution in [0, 0.1) is 5.92 Å². The molecule has 1 amide bonds. The summed E-state index contributed by atoms with van der Waals surface area (Å²) in [5.74, 6) is 0.385. The molecule has 7 nitrogen and oxygen atoms in total. The molecule has 1 atom stereocenters. The highest BCUT2D eigenvalue weighted by atomic mass is 16.5. The van der Waals surface area contributed by atoms with Crippen LogP contribution < -0.4 is 10.1 Å². The summed E-state index contributed by atoms with van der Waals surface area (Å²) in [6, 6.07) is 10.1. The second-order valence-corrected chi connectivity index (χ2v) is 6.63. The number of nitrogens with one attached hydrogen (secondary N) is 1. The fourth-order valence-electron chi connectivity index (χ4n) is 3.24. The molecule has 1 aromatic carbocycles. The third kappa shape index (κ3) is 5.59. The Balaban J connectivity index is 1.40. The number of ether oxygens (including phenoxy) is 1. The van der Waals surface area contributed by atoms with Gasteiger partial charge in [0.1, 0.15) is 18.1 Å². The van der Waals surface area contributed by atoms with E-state index in [4.69, 9.17) is 14.3 Å². The first-order valence-electron chi connectivity index (χ1n) is 9.10. The molecule has 1 fully saturated rings. The molecule has 3 rings (SSSR count). The van der Waals surface area contributed by atoms with Crippen LogP contribution in [0.15, 0.2) is 47.1 Å². The Morgan fingerprint density at radius 1 is 1.30 bits per heavy atom. The van der Waals surface area contributed by atoms with Crippen molar-refractivity contribution in [1.29, 1.82) is 0 Å². The van der Waals surface area contributed by atoms with Crippen LogP contribution >= 0.6 is 0 Å². The van der Waals surface area contributed by atoms with Crippen LogP contribution in [0.5, 0.6) is 5.75 Å². The topological polar surface area (TPSA) is 92.0 Å². The van der Waals surface area contributed by atoms with Gasteiger partial charge in [-0.15, -0.1) is 0 Å². The number of rotatable bonds is 8. The van der Waals surface area contributed by atoms with Crippen LogP contribution in [-0.4, -0.2) is 48.1 Å². The van der Waals surface area contributed by atoms with Crippen molar-refractivity contribution in [2.45, 2.75) is 19.4 Å². The quantitative estimate of drug-likeness (QED) is 0.692. The average molecular weight is 372 g/mol. The third-order valence-corrected chi connectivity index (χ3v) is 4.59. The molecule has 2 aromatic rings. The van der Waals surface area contributed by atoms with Crippen LogP contribution in [0.4, 0.5) is 0 Å². The molecule has 144 valence electrons. The molecular formula is C20H24N2O5. The second-order valence-electron chi connectivity index (χ2n) is 6.63. The number of carbonyl (C=O) groups is 2. The van der Waals surface area contributed by atoms with E-state index in [-0.39, 0.29) is 24.0 Å². The van der Waals surface area contributed by atoms with Crippen molar-refractivity contribution in [3.8, 4) is 5.75 Å². The van der Waals surface area contributed by atoms with Crippen molar-refractivity contribution in [2.75, 3.05) is 26.2 Å². The number of carboxylic acid groups (broad SMARTS) is 1. The van der Waals surface area contributed by atoms with Crippen molar-refractivity contribution in [3.05, 3.63) is 54.0 Å². The van der Waals surface area contributed by atoms with Gasteiger partial charge >= 0.3 is 5.97 Å². The van der Waals surface area contributed by atoms with Gasteiger partial charge in [0.25, 0.3) is 0 Å². The number of carboxylic acids is 1. The molecule has 2 heterocycles. The number of hydrogen-bond acceptors (Lipinski definition) is 5. The minimum Gasteiger partial charge on any atom is -0.492 e. The van der Waals surface area contributed by atoms with E-state index in [9.17, 15) is 9.59 Å². The van der Waals surface area contributed by atoms with Gasteiger partial charge in [0.05, 0.1) is 30.8 Å². The molecular weight excluding hydrogens is 348 g/mol. The summed E-state index contributed by atoms with van der Waals surface area (Å²) in [7, 11) is 0. The number of benzene rings is 1. The number of likely N-dealkylation sites (tertiary alicyclic amines) is 1. The van der Waals surface area contributed by atoms with Crippen LogP contribution in [-0.2, 0) is 11.3 Å². The first-order chi connectivity index (χ1) is 13.1. The van der Waals surface area contributed by atoms with Gasteiger partial charge < -0.3 is 19.6 Å². The maximum absolute atomic E-state index is 12.4. The van der Waals surface area contributed by atoms with E-state index in [0.717, 1.165) is 31.7 Å². The van der Waals surface area contributed by atoms with Crippen LogP contribution in [0.1, 0.15) is 29.0 Å². The lowest BCUT2D eigenvalue weighted by molar-refractivity contribution is -0.126. The fourth-order valence-corrected chi connectivity index (χ4v) is 3.24. The summed E-state index contributed by atoms with van der Waals surface area (Å²) in [4.78, 5) is 25.6. The Hall–Kier alpha value is -2.80. The maximum Gasteiger partial charge on any atom is 0.335 e. The van der Waals surface area contributed by atoms with Gasteiger partial charge in [-0.3, -0.25) is 9.69 Å². The summed E-state index contributed by atoms with van der Waals surface area (Å²) >= 11 is 0. The van der Waals surface area contributed by atoms with Crippen LogP contribution in [0.2, 0.25) is 0 Å². The molecule has 1 aliphatic rings. The zero-order valence-electron chi connectivity index (χ0n) is 15.1. The zero-order chi connectivity index (χ0) is 19.1. The number of amides is 1. The molecule has 0 unspecified atom stereocenters. The molecule has 1 aromatic heterocycles. The zero-order valence-corrected chi connectivity index (χ0v) is 15.1. The SMILES string of the molecule is O=C(O)c1cccc(OCCNC(=O)[C@H]2CCCN(Cc3ccco3)C2)c1. The largest absolute Gasteiger partial charge is 0.492 e. The van der Waals surface area contributed by atoms with Gasteiger partial charge in [0, 0.05) is 6.54 Å².